The zero-order chi connectivity index (χ0) is 16.8. The van der Waals surface area contributed by atoms with Crippen molar-refractivity contribution in [3.05, 3.63) is 58.6 Å². The summed E-state index contributed by atoms with van der Waals surface area (Å²) in [6.45, 7) is 5.89. The molecule has 0 spiro atoms. The first kappa shape index (κ1) is 17.4. The summed E-state index contributed by atoms with van der Waals surface area (Å²) in [5.41, 5.74) is 3.17. The number of rotatable bonds is 6. The normalized spacial score (nSPS) is 11.8. The number of carbonyl (C=O) groups excluding carboxylic acids is 1. The molecule has 122 valence electrons. The van der Waals surface area contributed by atoms with Crippen molar-refractivity contribution in [1.29, 1.82) is 0 Å². The number of halogens is 1. The average Bonchev–Trinajstić information content (AvgIpc) is 2.54. The highest BCUT2D eigenvalue weighted by molar-refractivity contribution is 6.30. The second-order valence-electron chi connectivity index (χ2n) is 5.37. The van der Waals surface area contributed by atoms with Crippen molar-refractivity contribution in [1.82, 2.24) is 0 Å². The summed E-state index contributed by atoms with van der Waals surface area (Å²) in [6, 6.07) is 13.2. The molecular formula is C19H22ClNO2. The lowest BCUT2D eigenvalue weighted by molar-refractivity contribution is -0.122. The smallest absolute Gasteiger partial charge is 0.265 e. The van der Waals surface area contributed by atoms with Gasteiger partial charge in [0.1, 0.15) is 5.75 Å². The van der Waals surface area contributed by atoms with Crippen LogP contribution in [0.2, 0.25) is 5.02 Å². The molecule has 1 amide bonds. The minimum atomic E-state index is -0.608. The number of ether oxygens (including phenoxy) is 1. The Balaban J connectivity index is 2.12. The molecule has 0 aliphatic carbocycles. The van der Waals surface area contributed by atoms with Gasteiger partial charge in [0, 0.05) is 10.7 Å². The van der Waals surface area contributed by atoms with Crippen LogP contribution in [0.3, 0.4) is 0 Å². The number of nitrogens with one attached hydrogen (secondary N) is 1. The second-order valence-corrected chi connectivity index (χ2v) is 5.80. The summed E-state index contributed by atoms with van der Waals surface area (Å²) in [5.74, 6) is 0.417. The predicted octanol–water partition coefficient (Wildman–Crippen LogP) is 4.87. The number of hydrogen-bond acceptors (Lipinski definition) is 2. The van der Waals surface area contributed by atoms with E-state index in [1.807, 2.05) is 18.2 Å². The van der Waals surface area contributed by atoms with Gasteiger partial charge in [-0.25, -0.2) is 0 Å². The van der Waals surface area contributed by atoms with Gasteiger partial charge in [0.25, 0.3) is 5.91 Å². The van der Waals surface area contributed by atoms with E-state index in [2.05, 4.69) is 19.2 Å². The molecule has 0 heterocycles. The standard InChI is InChI=1S/C19H22ClNO2/c1-4-14-8-6-9-15(5-2)18(14)21-19(22)13(3)23-17-11-7-10-16(20)12-17/h6-13H,4-5H2,1-3H3,(H,21,22). The number of anilines is 1. The van der Waals surface area contributed by atoms with Crippen LogP contribution >= 0.6 is 11.6 Å². The summed E-state index contributed by atoms with van der Waals surface area (Å²) >= 11 is 5.94. The Bertz CT molecular complexity index is 663. The van der Waals surface area contributed by atoms with Crippen LogP contribution in [0, 0.1) is 0 Å². The van der Waals surface area contributed by atoms with Crippen molar-refractivity contribution in [2.24, 2.45) is 0 Å². The van der Waals surface area contributed by atoms with Gasteiger partial charge in [0.05, 0.1) is 0 Å². The third-order valence-corrected chi connectivity index (χ3v) is 3.96. The summed E-state index contributed by atoms with van der Waals surface area (Å²) in [6.07, 6.45) is 1.13. The Labute approximate surface area is 142 Å². The molecule has 0 bridgehead atoms. The fraction of sp³-hybridized carbons (Fsp3) is 0.316. The highest BCUT2D eigenvalue weighted by atomic mass is 35.5. The van der Waals surface area contributed by atoms with Crippen molar-refractivity contribution in [3.63, 3.8) is 0 Å². The summed E-state index contributed by atoms with van der Waals surface area (Å²) in [4.78, 5) is 12.5. The molecule has 0 aliphatic rings. The molecule has 0 aliphatic heterocycles. The Kier molecular flexibility index (Phi) is 6.05. The Hall–Kier alpha value is -2.00. The molecule has 1 atom stereocenters. The van der Waals surface area contributed by atoms with Crippen molar-refractivity contribution in [2.75, 3.05) is 5.32 Å². The van der Waals surface area contributed by atoms with E-state index in [0.29, 0.717) is 10.8 Å². The van der Waals surface area contributed by atoms with Gasteiger partial charge in [-0.3, -0.25) is 4.79 Å². The molecular weight excluding hydrogens is 310 g/mol. The molecule has 0 fully saturated rings. The molecule has 0 aromatic heterocycles. The van der Waals surface area contributed by atoms with Crippen molar-refractivity contribution in [3.8, 4) is 5.75 Å². The topological polar surface area (TPSA) is 38.3 Å². The number of carbonyl (C=O) groups is 1. The van der Waals surface area contributed by atoms with Gasteiger partial charge < -0.3 is 10.1 Å². The Morgan fingerprint density at radius 1 is 1.13 bits per heavy atom. The highest BCUT2D eigenvalue weighted by Crippen LogP contribution is 2.23. The lowest BCUT2D eigenvalue weighted by atomic mass is 10.0. The highest BCUT2D eigenvalue weighted by Gasteiger charge is 2.17. The third-order valence-electron chi connectivity index (χ3n) is 3.73. The van der Waals surface area contributed by atoms with E-state index in [4.69, 9.17) is 16.3 Å². The minimum absolute atomic E-state index is 0.166. The number of amides is 1. The first-order chi connectivity index (χ1) is 11.0. The molecule has 1 N–H and O–H groups in total. The van der Waals surface area contributed by atoms with Crippen LogP contribution in [0.15, 0.2) is 42.5 Å². The van der Waals surface area contributed by atoms with Gasteiger partial charge in [0.15, 0.2) is 6.10 Å². The fourth-order valence-electron chi connectivity index (χ4n) is 2.43. The maximum Gasteiger partial charge on any atom is 0.265 e. The van der Waals surface area contributed by atoms with E-state index in [0.717, 1.165) is 29.7 Å². The van der Waals surface area contributed by atoms with E-state index >= 15 is 0 Å². The van der Waals surface area contributed by atoms with Gasteiger partial charge in [-0.05, 0) is 49.1 Å². The molecule has 0 radical (unpaired) electrons. The van der Waals surface area contributed by atoms with Gasteiger partial charge >= 0.3 is 0 Å². The SMILES string of the molecule is CCc1cccc(CC)c1NC(=O)C(C)Oc1cccc(Cl)c1. The minimum Gasteiger partial charge on any atom is -0.481 e. The van der Waals surface area contributed by atoms with Crippen LogP contribution in [0.5, 0.6) is 5.75 Å². The molecule has 4 heteroatoms. The predicted molar refractivity (Wildman–Crippen MR) is 95.4 cm³/mol. The number of para-hydroxylation sites is 1. The molecule has 0 saturated heterocycles. The summed E-state index contributed by atoms with van der Waals surface area (Å²) < 4.78 is 5.68. The average molecular weight is 332 g/mol. The van der Waals surface area contributed by atoms with E-state index in [1.54, 1.807) is 31.2 Å². The van der Waals surface area contributed by atoms with Crippen LogP contribution in [-0.4, -0.2) is 12.0 Å². The van der Waals surface area contributed by atoms with Gasteiger partial charge in [-0.2, -0.15) is 0 Å². The van der Waals surface area contributed by atoms with Crippen LogP contribution in [-0.2, 0) is 17.6 Å². The zero-order valence-corrected chi connectivity index (χ0v) is 14.5. The van der Waals surface area contributed by atoms with Gasteiger partial charge in [0.2, 0.25) is 0 Å². The van der Waals surface area contributed by atoms with Gasteiger partial charge in [-0.15, -0.1) is 0 Å². The van der Waals surface area contributed by atoms with Crippen LogP contribution in [0.4, 0.5) is 5.69 Å². The van der Waals surface area contributed by atoms with E-state index in [1.165, 1.54) is 0 Å². The summed E-state index contributed by atoms with van der Waals surface area (Å²) in [5, 5.41) is 3.60. The second kappa shape index (κ2) is 8.02. The largest absolute Gasteiger partial charge is 0.481 e. The molecule has 2 aromatic rings. The molecule has 2 aromatic carbocycles. The number of aryl methyl sites for hydroxylation is 2. The third kappa shape index (κ3) is 4.49. The lowest BCUT2D eigenvalue weighted by Crippen LogP contribution is -2.30. The molecule has 2 rings (SSSR count). The zero-order valence-electron chi connectivity index (χ0n) is 13.7. The Morgan fingerprint density at radius 2 is 1.74 bits per heavy atom. The van der Waals surface area contributed by atoms with Crippen LogP contribution in [0.1, 0.15) is 31.9 Å². The molecule has 23 heavy (non-hydrogen) atoms. The molecule has 3 nitrogen and oxygen atoms in total. The first-order valence-electron chi connectivity index (χ1n) is 7.89. The lowest BCUT2D eigenvalue weighted by Gasteiger charge is -2.18. The monoisotopic (exact) mass is 331 g/mol. The maximum atomic E-state index is 12.5. The molecule has 0 saturated carbocycles. The number of hydrogen-bond donors (Lipinski definition) is 1. The van der Waals surface area contributed by atoms with E-state index in [-0.39, 0.29) is 5.91 Å². The molecule has 1 unspecified atom stereocenters. The maximum absolute atomic E-state index is 12.5. The number of benzene rings is 2. The van der Waals surface area contributed by atoms with Crippen molar-refractivity contribution in [2.45, 2.75) is 39.7 Å². The van der Waals surface area contributed by atoms with E-state index in [9.17, 15) is 4.79 Å². The Morgan fingerprint density at radius 3 is 2.30 bits per heavy atom. The van der Waals surface area contributed by atoms with Gasteiger partial charge in [-0.1, -0.05) is 49.7 Å². The quantitative estimate of drug-likeness (QED) is 0.820. The van der Waals surface area contributed by atoms with E-state index < -0.39 is 6.10 Å². The fourth-order valence-corrected chi connectivity index (χ4v) is 2.61. The summed E-state index contributed by atoms with van der Waals surface area (Å²) in [7, 11) is 0. The van der Waals surface area contributed by atoms with Crippen molar-refractivity contribution >= 4 is 23.2 Å². The van der Waals surface area contributed by atoms with Crippen LogP contribution in [0.25, 0.3) is 0 Å². The van der Waals surface area contributed by atoms with Crippen LogP contribution < -0.4 is 10.1 Å². The first-order valence-corrected chi connectivity index (χ1v) is 8.26. The van der Waals surface area contributed by atoms with Crippen molar-refractivity contribution < 1.29 is 9.53 Å².